The molecule has 124 valence electrons. The summed E-state index contributed by atoms with van der Waals surface area (Å²) in [5.41, 5.74) is 1.13. The molecule has 0 unspecified atom stereocenters. The lowest BCUT2D eigenvalue weighted by atomic mass is 10.1. The fraction of sp³-hybridized carbons (Fsp3) is 0.0556. The molecule has 0 aliphatic rings. The number of aryl methyl sites for hydroxylation is 1. The van der Waals surface area contributed by atoms with Crippen molar-refractivity contribution in [3.05, 3.63) is 76.6 Å². The minimum atomic E-state index is -0.960. The molecule has 7 heteroatoms. The van der Waals surface area contributed by atoms with Crippen molar-refractivity contribution in [1.29, 1.82) is 0 Å². The molecule has 0 saturated heterocycles. The molecule has 3 rings (SSSR count). The number of hydrogen-bond donors (Lipinski definition) is 1. The summed E-state index contributed by atoms with van der Waals surface area (Å²) in [6.45, 7) is 9.17. The lowest BCUT2D eigenvalue weighted by Crippen LogP contribution is -2.15. The van der Waals surface area contributed by atoms with Gasteiger partial charge in [0.15, 0.2) is 0 Å². The number of nitrogens with zero attached hydrogens (tertiary/aromatic N) is 2. The van der Waals surface area contributed by atoms with Crippen LogP contribution in [0, 0.1) is 25.1 Å². The van der Waals surface area contributed by atoms with E-state index in [0.717, 1.165) is 34.6 Å². The molecule has 0 atom stereocenters. The van der Waals surface area contributed by atoms with Crippen molar-refractivity contribution < 1.29 is 13.6 Å². The maximum absolute atomic E-state index is 13.7. The third-order valence-electron chi connectivity index (χ3n) is 3.41. The molecule has 2 aromatic carbocycles. The van der Waals surface area contributed by atoms with Gasteiger partial charge < -0.3 is 4.85 Å². The Bertz CT molecular complexity index is 988. The van der Waals surface area contributed by atoms with Crippen LogP contribution >= 0.6 is 11.3 Å². The molecular weight excluding hydrogens is 344 g/mol. The molecule has 4 nitrogen and oxygen atoms in total. The Morgan fingerprint density at radius 3 is 2.52 bits per heavy atom. The van der Waals surface area contributed by atoms with Gasteiger partial charge in [0.25, 0.3) is 16.9 Å². The van der Waals surface area contributed by atoms with Crippen LogP contribution in [0.3, 0.4) is 0 Å². The van der Waals surface area contributed by atoms with E-state index in [4.69, 9.17) is 6.57 Å². The minimum absolute atomic E-state index is 0.107. The van der Waals surface area contributed by atoms with E-state index in [1.54, 1.807) is 0 Å². The van der Waals surface area contributed by atoms with Gasteiger partial charge in [0.05, 0.1) is 4.88 Å². The maximum atomic E-state index is 13.7. The van der Waals surface area contributed by atoms with Gasteiger partial charge in [0.2, 0.25) is 0 Å². The molecule has 0 aliphatic heterocycles. The Labute approximate surface area is 146 Å². The first kappa shape index (κ1) is 16.7. The number of carbonyl (C=O) groups excluding carboxylic acids is 1. The molecule has 1 N–H and O–H groups in total. The molecule has 0 aliphatic carbocycles. The predicted molar refractivity (Wildman–Crippen MR) is 92.9 cm³/mol. The zero-order valence-electron chi connectivity index (χ0n) is 13.0. The van der Waals surface area contributed by atoms with Crippen LogP contribution in [0.4, 0.5) is 19.7 Å². The van der Waals surface area contributed by atoms with Crippen molar-refractivity contribution in [3.8, 4) is 10.4 Å². The molecule has 0 radical (unpaired) electrons. The van der Waals surface area contributed by atoms with Gasteiger partial charge in [0.1, 0.15) is 17.2 Å². The lowest BCUT2D eigenvalue weighted by Gasteiger charge is -2.02. The highest BCUT2D eigenvalue weighted by molar-refractivity contribution is 7.19. The van der Waals surface area contributed by atoms with Gasteiger partial charge in [-0.2, -0.15) is 0 Å². The number of carbonyl (C=O) groups is 1. The molecule has 1 aromatic heterocycles. The van der Waals surface area contributed by atoms with Crippen LogP contribution in [0.1, 0.15) is 15.9 Å². The fourth-order valence-electron chi connectivity index (χ4n) is 2.29. The molecular formula is C18H11F2N3OS. The van der Waals surface area contributed by atoms with Gasteiger partial charge in [-0.3, -0.25) is 10.1 Å². The van der Waals surface area contributed by atoms with Crippen molar-refractivity contribution in [2.24, 2.45) is 0 Å². The van der Waals surface area contributed by atoms with Crippen molar-refractivity contribution in [2.75, 3.05) is 5.32 Å². The standard InChI is InChI=1S/C18H11F2N3OS/c1-10-5-3-6-11(9-10)15-16(21-2)22-18(25-15)23-17(24)14-12(19)7-4-8-13(14)20/h3-9H,1H3,(H,22,23,24). The molecule has 25 heavy (non-hydrogen) atoms. The second-order valence-corrected chi connectivity index (χ2v) is 6.20. The second-order valence-electron chi connectivity index (χ2n) is 5.20. The fourth-order valence-corrected chi connectivity index (χ4v) is 3.19. The number of halogens is 2. The second kappa shape index (κ2) is 6.79. The summed E-state index contributed by atoms with van der Waals surface area (Å²) >= 11 is 1.08. The third-order valence-corrected chi connectivity index (χ3v) is 4.41. The Hall–Kier alpha value is -3.11. The van der Waals surface area contributed by atoms with Crippen molar-refractivity contribution in [1.82, 2.24) is 4.98 Å². The van der Waals surface area contributed by atoms with Crippen molar-refractivity contribution >= 4 is 28.2 Å². The van der Waals surface area contributed by atoms with Crippen LogP contribution < -0.4 is 5.32 Å². The van der Waals surface area contributed by atoms with E-state index in [2.05, 4.69) is 15.1 Å². The molecule has 0 fully saturated rings. The smallest absolute Gasteiger partial charge is 0.290 e. The highest BCUT2D eigenvalue weighted by atomic mass is 32.1. The summed E-state index contributed by atoms with van der Waals surface area (Å²) in [6.07, 6.45) is 0. The first-order valence-electron chi connectivity index (χ1n) is 7.20. The van der Waals surface area contributed by atoms with Crippen LogP contribution in [0.25, 0.3) is 15.3 Å². The van der Waals surface area contributed by atoms with E-state index in [1.807, 2.05) is 31.2 Å². The first-order valence-corrected chi connectivity index (χ1v) is 8.02. The van der Waals surface area contributed by atoms with Gasteiger partial charge >= 0.3 is 0 Å². The molecule has 0 bridgehead atoms. The van der Waals surface area contributed by atoms with E-state index < -0.39 is 23.1 Å². The summed E-state index contributed by atoms with van der Waals surface area (Å²) in [5, 5.41) is 2.47. The normalized spacial score (nSPS) is 10.3. The van der Waals surface area contributed by atoms with Gasteiger partial charge in [0, 0.05) is 0 Å². The Kier molecular flexibility index (Phi) is 4.55. The number of benzene rings is 2. The highest BCUT2D eigenvalue weighted by Gasteiger charge is 2.22. The number of thiazole rings is 1. The third kappa shape index (κ3) is 3.39. The zero-order valence-corrected chi connectivity index (χ0v) is 13.8. The predicted octanol–water partition coefficient (Wildman–Crippen LogP) is 5.20. The number of nitrogens with one attached hydrogen (secondary N) is 1. The summed E-state index contributed by atoms with van der Waals surface area (Å²) in [4.78, 5) is 20.1. The number of anilines is 1. The average molecular weight is 355 g/mol. The Balaban J connectivity index is 1.95. The Morgan fingerprint density at radius 2 is 1.88 bits per heavy atom. The Morgan fingerprint density at radius 1 is 1.20 bits per heavy atom. The van der Waals surface area contributed by atoms with Crippen LogP contribution in [-0.4, -0.2) is 10.9 Å². The molecule has 1 heterocycles. The number of hydrogen-bond acceptors (Lipinski definition) is 3. The average Bonchev–Trinajstić information content (AvgIpc) is 2.97. The van der Waals surface area contributed by atoms with Crippen molar-refractivity contribution in [3.63, 3.8) is 0 Å². The van der Waals surface area contributed by atoms with Crippen LogP contribution in [0.15, 0.2) is 42.5 Å². The largest absolute Gasteiger partial charge is 0.359 e. The quantitative estimate of drug-likeness (QED) is 0.657. The van der Waals surface area contributed by atoms with Crippen LogP contribution in [-0.2, 0) is 0 Å². The maximum Gasteiger partial charge on any atom is 0.290 e. The van der Waals surface area contributed by atoms with E-state index in [1.165, 1.54) is 6.07 Å². The molecule has 3 aromatic rings. The van der Waals surface area contributed by atoms with Gasteiger partial charge in [-0.1, -0.05) is 58.8 Å². The van der Waals surface area contributed by atoms with E-state index in [9.17, 15) is 13.6 Å². The van der Waals surface area contributed by atoms with Gasteiger partial charge in [-0.25, -0.2) is 8.78 Å². The number of rotatable bonds is 3. The molecule has 1 amide bonds. The van der Waals surface area contributed by atoms with Crippen LogP contribution in [0.2, 0.25) is 0 Å². The monoisotopic (exact) mass is 355 g/mol. The molecule has 0 saturated carbocycles. The van der Waals surface area contributed by atoms with Crippen LogP contribution in [0.5, 0.6) is 0 Å². The number of aromatic nitrogens is 1. The zero-order chi connectivity index (χ0) is 18.0. The topological polar surface area (TPSA) is 46.4 Å². The summed E-state index contributed by atoms with van der Waals surface area (Å²) < 4.78 is 27.4. The summed E-state index contributed by atoms with van der Waals surface area (Å²) in [6, 6.07) is 10.7. The van der Waals surface area contributed by atoms with E-state index in [-0.39, 0.29) is 10.9 Å². The van der Waals surface area contributed by atoms with E-state index in [0.29, 0.717) is 4.88 Å². The van der Waals surface area contributed by atoms with E-state index >= 15 is 0 Å². The lowest BCUT2D eigenvalue weighted by molar-refractivity contribution is 0.101. The van der Waals surface area contributed by atoms with Gasteiger partial charge in [-0.15, -0.1) is 0 Å². The summed E-state index contributed by atoms with van der Waals surface area (Å²) in [7, 11) is 0. The first-order chi connectivity index (χ1) is 12.0. The SMILES string of the molecule is [C-]#[N+]c1nc(NC(=O)c2c(F)cccc2F)sc1-c1cccc(C)c1. The molecule has 0 spiro atoms. The van der Waals surface area contributed by atoms with Gasteiger partial charge in [-0.05, 0) is 24.6 Å². The van der Waals surface area contributed by atoms with Crippen molar-refractivity contribution in [2.45, 2.75) is 6.92 Å². The number of amides is 1. The minimum Gasteiger partial charge on any atom is -0.359 e. The summed E-state index contributed by atoms with van der Waals surface area (Å²) in [5.74, 6) is -2.74. The highest BCUT2D eigenvalue weighted by Crippen LogP contribution is 2.38.